The number of aliphatic hydroxyl groups is 2. The molecule has 5 nitrogen and oxygen atoms in total. The molecule has 5 rings (SSSR count). The van der Waals surface area contributed by atoms with Gasteiger partial charge < -0.3 is 25.0 Å². The van der Waals surface area contributed by atoms with E-state index in [1.165, 1.54) is 11.1 Å². The zero-order valence-corrected chi connectivity index (χ0v) is 22.1. The highest BCUT2D eigenvalue weighted by atomic mass is 16.7. The van der Waals surface area contributed by atoms with E-state index < -0.39 is 11.7 Å². The minimum atomic E-state index is -1.19. The molecule has 5 heteroatoms. The van der Waals surface area contributed by atoms with Crippen LogP contribution in [-0.2, 0) is 11.2 Å². The molecule has 0 heterocycles. The predicted octanol–water partition coefficient (Wildman–Crippen LogP) is 5.36. The number of nitrogens with one attached hydrogen (secondary N) is 1. The Labute approximate surface area is 216 Å². The third kappa shape index (κ3) is 4.38. The van der Waals surface area contributed by atoms with Gasteiger partial charge in [-0.3, -0.25) is 0 Å². The van der Waals surface area contributed by atoms with Crippen molar-refractivity contribution in [2.24, 2.45) is 17.3 Å². The van der Waals surface area contributed by atoms with Crippen molar-refractivity contribution in [1.82, 2.24) is 5.32 Å². The van der Waals surface area contributed by atoms with Crippen molar-refractivity contribution < 1.29 is 19.7 Å². The molecule has 0 spiro atoms. The summed E-state index contributed by atoms with van der Waals surface area (Å²) in [4.78, 5) is 0. The Balaban J connectivity index is 1.43. The zero-order valence-electron chi connectivity index (χ0n) is 22.1. The number of hydrogen-bond donors (Lipinski definition) is 3. The van der Waals surface area contributed by atoms with Crippen molar-refractivity contribution in [2.75, 3.05) is 20.4 Å². The SMILES string of the molecule is CCCCN[C@@H](c1ccccc1)[C@]1(O)C[C@H]2[C@@H]3CCc4cc(OCOC)ccc4[C@H]3CC[C@]2(C)[C@H]1O. The first-order chi connectivity index (χ1) is 17.4. The Bertz CT molecular complexity index is 1030. The minimum Gasteiger partial charge on any atom is -0.468 e. The number of fused-ring (bicyclic) bond motifs is 5. The Hall–Kier alpha value is -1.92. The van der Waals surface area contributed by atoms with Crippen LogP contribution in [0.25, 0.3) is 0 Å². The maximum absolute atomic E-state index is 12.3. The quantitative estimate of drug-likeness (QED) is 0.324. The van der Waals surface area contributed by atoms with E-state index in [2.05, 4.69) is 49.5 Å². The monoisotopic (exact) mass is 493 g/mol. The van der Waals surface area contributed by atoms with E-state index in [1.807, 2.05) is 18.2 Å². The fourth-order valence-electron chi connectivity index (χ4n) is 7.81. The van der Waals surface area contributed by atoms with Crippen molar-refractivity contribution in [3.63, 3.8) is 0 Å². The van der Waals surface area contributed by atoms with Gasteiger partial charge in [0.15, 0.2) is 6.79 Å². The molecule has 0 unspecified atom stereocenters. The molecule has 2 fully saturated rings. The second-order valence-electron chi connectivity index (χ2n) is 11.6. The predicted molar refractivity (Wildman–Crippen MR) is 142 cm³/mol. The fourth-order valence-corrected chi connectivity index (χ4v) is 7.81. The second kappa shape index (κ2) is 10.4. The van der Waals surface area contributed by atoms with Gasteiger partial charge in [-0.2, -0.15) is 0 Å². The highest BCUT2D eigenvalue weighted by Crippen LogP contribution is 2.64. The van der Waals surface area contributed by atoms with E-state index >= 15 is 0 Å². The normalized spacial score (nSPS) is 33.9. The molecule has 3 N–H and O–H groups in total. The first-order valence-corrected chi connectivity index (χ1v) is 13.9. The van der Waals surface area contributed by atoms with Crippen LogP contribution in [0.5, 0.6) is 5.75 Å². The van der Waals surface area contributed by atoms with E-state index in [0.29, 0.717) is 18.3 Å². The maximum Gasteiger partial charge on any atom is 0.188 e. The number of unbranched alkanes of at least 4 members (excludes halogenated alkanes) is 1. The average molecular weight is 494 g/mol. The van der Waals surface area contributed by atoms with E-state index in [9.17, 15) is 10.2 Å². The van der Waals surface area contributed by atoms with Crippen molar-refractivity contribution in [3.05, 3.63) is 65.2 Å². The zero-order chi connectivity index (χ0) is 25.3. The van der Waals surface area contributed by atoms with Gasteiger partial charge in [0.05, 0.1) is 12.1 Å². The summed E-state index contributed by atoms with van der Waals surface area (Å²) in [5.74, 6) is 2.09. The van der Waals surface area contributed by atoms with Crippen LogP contribution in [0.2, 0.25) is 0 Å². The Morgan fingerprint density at radius 1 is 1.14 bits per heavy atom. The molecular formula is C31H43NO4. The molecule has 2 aromatic rings. The molecule has 0 aliphatic heterocycles. The van der Waals surface area contributed by atoms with Gasteiger partial charge in [-0.25, -0.2) is 0 Å². The number of ether oxygens (including phenoxy) is 2. The van der Waals surface area contributed by atoms with E-state index in [-0.39, 0.29) is 24.2 Å². The number of hydrogen-bond acceptors (Lipinski definition) is 5. The summed E-state index contributed by atoms with van der Waals surface area (Å²) in [5, 5.41) is 27.9. The lowest BCUT2D eigenvalue weighted by Gasteiger charge is -2.50. The molecule has 196 valence electrons. The standard InChI is InChI=1S/C31H43NO4/c1-4-5-17-32-28(21-9-7-6-8-10-21)31(34)19-27-26-13-11-22-18-23(36-20-35-3)12-14-24(22)25(26)15-16-30(27,2)29(31)33/h6-10,12,14,18,25-29,32-34H,4-5,11,13,15-17,19-20H2,1-3H3/t25-,26-,27+,28+,29-,30+,31-/m1/s1. The first-order valence-electron chi connectivity index (χ1n) is 13.9. The van der Waals surface area contributed by atoms with Crippen molar-refractivity contribution in [1.29, 1.82) is 0 Å². The van der Waals surface area contributed by atoms with Crippen LogP contribution in [0.4, 0.5) is 0 Å². The lowest BCUT2D eigenvalue weighted by atomic mass is 9.55. The van der Waals surface area contributed by atoms with Gasteiger partial charge in [-0.1, -0.05) is 56.7 Å². The molecule has 3 aliphatic carbocycles. The topological polar surface area (TPSA) is 71.0 Å². The first kappa shape index (κ1) is 25.7. The smallest absolute Gasteiger partial charge is 0.188 e. The molecule has 2 aromatic carbocycles. The van der Waals surface area contributed by atoms with Gasteiger partial charge in [-0.15, -0.1) is 0 Å². The van der Waals surface area contributed by atoms with Gasteiger partial charge in [0.1, 0.15) is 11.4 Å². The van der Waals surface area contributed by atoms with E-state index in [4.69, 9.17) is 9.47 Å². The summed E-state index contributed by atoms with van der Waals surface area (Å²) in [7, 11) is 1.64. The molecule has 0 aromatic heterocycles. The van der Waals surface area contributed by atoms with E-state index in [1.54, 1.807) is 7.11 Å². The van der Waals surface area contributed by atoms with E-state index in [0.717, 1.165) is 56.4 Å². The van der Waals surface area contributed by atoms with Crippen LogP contribution in [0, 0.1) is 17.3 Å². The Morgan fingerprint density at radius 2 is 1.94 bits per heavy atom. The maximum atomic E-state index is 12.3. The summed E-state index contributed by atoms with van der Waals surface area (Å²) in [6.07, 6.45) is 6.10. The summed E-state index contributed by atoms with van der Waals surface area (Å²) < 4.78 is 10.8. The second-order valence-corrected chi connectivity index (χ2v) is 11.6. The summed E-state index contributed by atoms with van der Waals surface area (Å²) >= 11 is 0. The number of aryl methyl sites for hydroxylation is 1. The molecule has 3 aliphatic rings. The van der Waals surface area contributed by atoms with Gasteiger partial charge in [-0.05, 0) is 97.1 Å². The molecule has 36 heavy (non-hydrogen) atoms. The highest BCUT2D eigenvalue weighted by Gasteiger charge is 2.65. The van der Waals surface area contributed by atoms with Crippen LogP contribution in [0.15, 0.2) is 48.5 Å². The molecular weight excluding hydrogens is 450 g/mol. The summed E-state index contributed by atoms with van der Waals surface area (Å²) in [6.45, 7) is 5.51. The van der Waals surface area contributed by atoms with Crippen molar-refractivity contribution in [2.45, 2.75) is 82.5 Å². The number of aliphatic hydroxyl groups excluding tert-OH is 1. The molecule has 0 saturated heterocycles. The molecule has 0 bridgehead atoms. The van der Waals surface area contributed by atoms with Crippen LogP contribution in [-0.4, -0.2) is 42.4 Å². The van der Waals surface area contributed by atoms with Gasteiger partial charge in [0, 0.05) is 7.11 Å². The Kier molecular flexibility index (Phi) is 7.46. The highest BCUT2D eigenvalue weighted by molar-refractivity contribution is 5.41. The summed E-state index contributed by atoms with van der Waals surface area (Å²) in [5.41, 5.74) is 2.40. The number of rotatable bonds is 9. The van der Waals surface area contributed by atoms with Crippen LogP contribution in [0.3, 0.4) is 0 Å². The third-order valence-corrected chi connectivity index (χ3v) is 9.64. The minimum absolute atomic E-state index is 0.261. The fraction of sp³-hybridized carbons (Fsp3) is 0.613. The number of benzene rings is 2. The third-order valence-electron chi connectivity index (χ3n) is 9.64. The van der Waals surface area contributed by atoms with Crippen LogP contribution in [0.1, 0.15) is 81.0 Å². The van der Waals surface area contributed by atoms with Crippen LogP contribution < -0.4 is 10.1 Å². The summed E-state index contributed by atoms with van der Waals surface area (Å²) in [6, 6.07) is 16.5. The molecule has 7 atom stereocenters. The molecule has 2 saturated carbocycles. The lowest BCUT2D eigenvalue weighted by molar-refractivity contribution is -0.117. The Morgan fingerprint density at radius 3 is 2.69 bits per heavy atom. The van der Waals surface area contributed by atoms with Crippen molar-refractivity contribution >= 4 is 0 Å². The number of methoxy groups -OCH3 is 1. The van der Waals surface area contributed by atoms with Gasteiger partial charge in [0.2, 0.25) is 0 Å². The largest absolute Gasteiger partial charge is 0.468 e. The van der Waals surface area contributed by atoms with Crippen molar-refractivity contribution in [3.8, 4) is 5.75 Å². The molecule has 0 radical (unpaired) electrons. The van der Waals surface area contributed by atoms with Crippen LogP contribution >= 0.6 is 0 Å². The van der Waals surface area contributed by atoms with Gasteiger partial charge in [0.25, 0.3) is 0 Å². The van der Waals surface area contributed by atoms with Gasteiger partial charge >= 0.3 is 0 Å². The average Bonchev–Trinajstić information content (AvgIpc) is 3.11. The lowest BCUT2D eigenvalue weighted by Crippen LogP contribution is -2.53. The molecule has 0 amide bonds.